The van der Waals surface area contributed by atoms with Crippen LogP contribution in [0.5, 0.6) is 0 Å². The van der Waals surface area contributed by atoms with Crippen molar-refractivity contribution in [3.8, 4) is 0 Å². The minimum atomic E-state index is -0.309. The zero-order valence-corrected chi connectivity index (χ0v) is 19.0. The number of anilines is 2. The molecule has 1 aromatic heterocycles. The van der Waals surface area contributed by atoms with Gasteiger partial charge in [0.05, 0.1) is 12.1 Å². The Balaban J connectivity index is 1.33. The van der Waals surface area contributed by atoms with Gasteiger partial charge in [-0.3, -0.25) is 19.4 Å². The SMILES string of the molecule is CC[C@H](C)N1CCN(CC(=O)Nc2ccc([C@@H]3NC(=O)c4cccnc4N3C)cc2)CC1. The highest BCUT2D eigenvalue weighted by molar-refractivity contribution is 6.01. The molecule has 1 fully saturated rings. The molecule has 8 nitrogen and oxygen atoms in total. The zero-order chi connectivity index (χ0) is 22.7. The van der Waals surface area contributed by atoms with Crippen molar-refractivity contribution in [3.05, 3.63) is 53.7 Å². The number of hydrogen-bond acceptors (Lipinski definition) is 6. The molecule has 2 aliphatic rings. The van der Waals surface area contributed by atoms with Crippen LogP contribution in [0.15, 0.2) is 42.6 Å². The Labute approximate surface area is 189 Å². The second-order valence-corrected chi connectivity index (χ2v) is 8.60. The third-order valence-corrected chi connectivity index (χ3v) is 6.52. The first-order chi connectivity index (χ1) is 15.5. The molecule has 0 bridgehead atoms. The molecule has 2 amide bonds. The van der Waals surface area contributed by atoms with E-state index in [2.05, 4.69) is 39.3 Å². The van der Waals surface area contributed by atoms with Gasteiger partial charge in [-0.25, -0.2) is 4.98 Å². The van der Waals surface area contributed by atoms with E-state index < -0.39 is 0 Å². The molecule has 0 saturated carbocycles. The maximum atomic E-state index is 12.5. The second kappa shape index (κ2) is 9.67. The summed E-state index contributed by atoms with van der Waals surface area (Å²) in [7, 11) is 1.91. The van der Waals surface area contributed by atoms with Crippen LogP contribution in [0.25, 0.3) is 0 Å². The molecule has 4 rings (SSSR count). The van der Waals surface area contributed by atoms with Crippen LogP contribution in [-0.2, 0) is 4.79 Å². The Morgan fingerprint density at radius 1 is 1.19 bits per heavy atom. The molecule has 32 heavy (non-hydrogen) atoms. The van der Waals surface area contributed by atoms with Crippen LogP contribution < -0.4 is 15.5 Å². The summed E-state index contributed by atoms with van der Waals surface area (Å²) in [5.74, 6) is 0.519. The summed E-state index contributed by atoms with van der Waals surface area (Å²) in [6.07, 6.45) is 2.53. The molecular formula is C24H32N6O2. The number of nitrogens with zero attached hydrogens (tertiary/aromatic N) is 4. The molecule has 2 aliphatic heterocycles. The van der Waals surface area contributed by atoms with Gasteiger partial charge < -0.3 is 15.5 Å². The van der Waals surface area contributed by atoms with E-state index in [4.69, 9.17) is 0 Å². The van der Waals surface area contributed by atoms with Gasteiger partial charge in [-0.2, -0.15) is 0 Å². The van der Waals surface area contributed by atoms with Crippen molar-refractivity contribution in [2.75, 3.05) is 50.0 Å². The van der Waals surface area contributed by atoms with Crippen molar-refractivity contribution in [2.24, 2.45) is 0 Å². The maximum absolute atomic E-state index is 12.5. The smallest absolute Gasteiger partial charge is 0.256 e. The highest BCUT2D eigenvalue weighted by Crippen LogP contribution is 2.30. The van der Waals surface area contributed by atoms with Crippen LogP contribution in [0.2, 0.25) is 0 Å². The van der Waals surface area contributed by atoms with Gasteiger partial charge in [-0.05, 0) is 43.2 Å². The van der Waals surface area contributed by atoms with Crippen molar-refractivity contribution in [3.63, 3.8) is 0 Å². The predicted octanol–water partition coefficient (Wildman–Crippen LogP) is 2.31. The van der Waals surface area contributed by atoms with Crippen LogP contribution in [0, 0.1) is 0 Å². The van der Waals surface area contributed by atoms with Crippen LogP contribution in [-0.4, -0.2) is 72.4 Å². The average Bonchev–Trinajstić information content (AvgIpc) is 2.82. The summed E-state index contributed by atoms with van der Waals surface area (Å²) in [5, 5.41) is 6.01. The number of carbonyl (C=O) groups is 2. The van der Waals surface area contributed by atoms with Crippen molar-refractivity contribution < 1.29 is 9.59 Å². The maximum Gasteiger partial charge on any atom is 0.256 e. The summed E-state index contributed by atoms with van der Waals surface area (Å²) in [4.78, 5) is 36.0. The van der Waals surface area contributed by atoms with Gasteiger partial charge in [0.25, 0.3) is 5.91 Å². The van der Waals surface area contributed by atoms with Gasteiger partial charge in [0, 0.05) is 51.2 Å². The number of aromatic nitrogens is 1. The standard InChI is InChI=1S/C24H32N6O2/c1-4-17(2)30-14-12-29(13-15-30)16-21(31)26-19-9-7-18(8-10-19)22-27-24(32)20-6-5-11-25-23(20)28(22)3/h5-11,17,22H,4,12-16H2,1-3H3,(H,26,31)(H,27,32)/t17-,22+/m0/s1. The number of benzene rings is 1. The van der Waals surface area contributed by atoms with Crippen LogP contribution in [0.3, 0.4) is 0 Å². The Hall–Kier alpha value is -2.97. The van der Waals surface area contributed by atoms with Crippen molar-refractivity contribution >= 4 is 23.3 Å². The van der Waals surface area contributed by atoms with Gasteiger partial charge in [0.2, 0.25) is 5.91 Å². The summed E-state index contributed by atoms with van der Waals surface area (Å²) >= 11 is 0. The number of nitrogens with one attached hydrogen (secondary N) is 2. The van der Waals surface area contributed by atoms with E-state index in [1.165, 1.54) is 0 Å². The lowest BCUT2D eigenvalue weighted by Gasteiger charge is -2.37. The average molecular weight is 437 g/mol. The van der Waals surface area contributed by atoms with Gasteiger partial charge in [-0.1, -0.05) is 19.1 Å². The Bertz CT molecular complexity index is 955. The lowest BCUT2D eigenvalue weighted by atomic mass is 10.1. The molecule has 1 aromatic carbocycles. The fraction of sp³-hybridized carbons (Fsp3) is 0.458. The molecule has 0 aliphatic carbocycles. The molecule has 170 valence electrons. The Kier molecular flexibility index (Phi) is 6.72. The number of carbonyl (C=O) groups excluding carboxylic acids is 2. The molecule has 0 radical (unpaired) electrons. The summed E-state index contributed by atoms with van der Waals surface area (Å²) in [6, 6.07) is 11.7. The molecule has 3 heterocycles. The number of hydrogen-bond donors (Lipinski definition) is 2. The van der Waals surface area contributed by atoms with E-state index in [-0.39, 0.29) is 18.0 Å². The number of fused-ring (bicyclic) bond motifs is 1. The minimum absolute atomic E-state index is 0.00375. The molecule has 0 unspecified atom stereocenters. The van der Waals surface area contributed by atoms with Crippen LogP contribution >= 0.6 is 0 Å². The monoisotopic (exact) mass is 436 g/mol. The predicted molar refractivity (Wildman–Crippen MR) is 126 cm³/mol. The summed E-state index contributed by atoms with van der Waals surface area (Å²) < 4.78 is 0. The van der Waals surface area contributed by atoms with Crippen LogP contribution in [0.4, 0.5) is 11.5 Å². The number of rotatable bonds is 6. The zero-order valence-electron chi connectivity index (χ0n) is 19.0. The Morgan fingerprint density at radius 3 is 2.59 bits per heavy atom. The van der Waals surface area contributed by atoms with Gasteiger partial charge in [0.15, 0.2) is 0 Å². The largest absolute Gasteiger partial charge is 0.335 e. The quantitative estimate of drug-likeness (QED) is 0.723. The molecule has 2 N–H and O–H groups in total. The lowest BCUT2D eigenvalue weighted by Crippen LogP contribution is -2.51. The summed E-state index contributed by atoms with van der Waals surface area (Å²) in [5.41, 5.74) is 2.25. The molecule has 2 aromatic rings. The normalized spacial score (nSPS) is 20.4. The van der Waals surface area contributed by atoms with E-state index in [0.29, 0.717) is 24.0 Å². The number of amides is 2. The number of piperazine rings is 1. The molecule has 0 spiro atoms. The first-order valence-electron chi connectivity index (χ1n) is 11.3. The van der Waals surface area contributed by atoms with Gasteiger partial charge in [-0.15, -0.1) is 0 Å². The molecular weight excluding hydrogens is 404 g/mol. The fourth-order valence-electron chi connectivity index (χ4n) is 4.36. The van der Waals surface area contributed by atoms with E-state index in [0.717, 1.165) is 43.9 Å². The first-order valence-corrected chi connectivity index (χ1v) is 11.3. The van der Waals surface area contributed by atoms with Crippen LogP contribution in [0.1, 0.15) is 42.4 Å². The fourth-order valence-corrected chi connectivity index (χ4v) is 4.36. The molecule has 8 heteroatoms. The topological polar surface area (TPSA) is 80.8 Å². The van der Waals surface area contributed by atoms with E-state index in [1.54, 1.807) is 18.3 Å². The molecule has 2 atom stereocenters. The van der Waals surface area contributed by atoms with Gasteiger partial charge >= 0.3 is 0 Å². The molecule has 1 saturated heterocycles. The Morgan fingerprint density at radius 2 is 1.91 bits per heavy atom. The van der Waals surface area contributed by atoms with Crippen molar-refractivity contribution in [1.82, 2.24) is 20.1 Å². The van der Waals surface area contributed by atoms with Crippen molar-refractivity contribution in [1.29, 1.82) is 0 Å². The highest BCUT2D eigenvalue weighted by Gasteiger charge is 2.30. The van der Waals surface area contributed by atoms with E-state index in [1.807, 2.05) is 36.2 Å². The van der Waals surface area contributed by atoms with Gasteiger partial charge in [0.1, 0.15) is 12.0 Å². The first kappa shape index (κ1) is 22.2. The third kappa shape index (κ3) is 4.76. The third-order valence-electron chi connectivity index (χ3n) is 6.52. The lowest BCUT2D eigenvalue weighted by molar-refractivity contribution is -0.117. The van der Waals surface area contributed by atoms with Crippen molar-refractivity contribution in [2.45, 2.75) is 32.5 Å². The second-order valence-electron chi connectivity index (χ2n) is 8.60. The minimum Gasteiger partial charge on any atom is -0.335 e. The summed E-state index contributed by atoms with van der Waals surface area (Å²) in [6.45, 7) is 8.73. The van der Waals surface area contributed by atoms with E-state index >= 15 is 0 Å². The number of pyridine rings is 1. The highest BCUT2D eigenvalue weighted by atomic mass is 16.2. The van der Waals surface area contributed by atoms with E-state index in [9.17, 15) is 9.59 Å².